The van der Waals surface area contributed by atoms with Crippen molar-refractivity contribution in [3.05, 3.63) is 108 Å². The summed E-state index contributed by atoms with van der Waals surface area (Å²) in [6, 6.07) is 27.6. The van der Waals surface area contributed by atoms with Gasteiger partial charge in [-0.2, -0.15) is 19.6 Å². The molecule has 0 amide bonds. The molecule has 5 unspecified atom stereocenters. The average Bonchev–Trinajstić information content (AvgIpc) is 3.79. The lowest BCUT2D eigenvalue weighted by Gasteiger charge is -2.39. The number of fused-ring (bicyclic) bond motifs is 1. The molecule has 5 atom stereocenters. The molecular formula is C41H49FN7O7P. The highest BCUT2D eigenvalue weighted by atomic mass is 31.2. The third kappa shape index (κ3) is 8.73. The number of methoxy groups -OCH3 is 3. The van der Waals surface area contributed by atoms with Crippen LogP contribution in [0.5, 0.6) is 11.5 Å². The van der Waals surface area contributed by atoms with Crippen molar-refractivity contribution in [2.24, 2.45) is 0 Å². The van der Waals surface area contributed by atoms with Gasteiger partial charge in [0.05, 0.1) is 46.3 Å². The van der Waals surface area contributed by atoms with Gasteiger partial charge in [-0.1, -0.05) is 54.6 Å². The summed E-state index contributed by atoms with van der Waals surface area (Å²) >= 11 is 0. The first-order valence-electron chi connectivity index (χ1n) is 18.6. The van der Waals surface area contributed by atoms with Crippen LogP contribution in [-0.4, -0.2) is 89.1 Å². The van der Waals surface area contributed by atoms with Gasteiger partial charge in [0.1, 0.15) is 35.4 Å². The highest BCUT2D eigenvalue weighted by Gasteiger charge is 2.51. The zero-order valence-electron chi connectivity index (χ0n) is 33.1. The van der Waals surface area contributed by atoms with Crippen molar-refractivity contribution in [3.63, 3.8) is 0 Å². The highest BCUT2D eigenvalue weighted by molar-refractivity contribution is 7.44. The van der Waals surface area contributed by atoms with Gasteiger partial charge in [0.15, 0.2) is 23.2 Å². The second-order valence-corrected chi connectivity index (χ2v) is 15.3. The smallest absolute Gasteiger partial charge is 0.312 e. The maximum Gasteiger partial charge on any atom is 0.312 e. The van der Waals surface area contributed by atoms with Gasteiger partial charge >= 0.3 is 6.08 Å². The summed E-state index contributed by atoms with van der Waals surface area (Å²) in [5, 5.41) is 9.39. The zero-order chi connectivity index (χ0) is 40.7. The fraction of sp³-hybridized carbons (Fsp3) is 0.415. The van der Waals surface area contributed by atoms with Crippen molar-refractivity contribution in [1.82, 2.24) is 24.2 Å². The third-order valence-electron chi connectivity index (χ3n) is 9.76. The number of nitrogens with zero attached hydrogens (tertiary/aromatic N) is 6. The van der Waals surface area contributed by atoms with Crippen LogP contribution in [0, 0.1) is 17.4 Å². The van der Waals surface area contributed by atoms with E-state index in [0.717, 1.165) is 16.7 Å². The summed E-state index contributed by atoms with van der Waals surface area (Å²) in [7, 11) is 3.01. The van der Waals surface area contributed by atoms with Crippen molar-refractivity contribution in [2.45, 2.75) is 76.3 Å². The molecule has 57 heavy (non-hydrogen) atoms. The number of nitriles is 1. The van der Waals surface area contributed by atoms with Crippen LogP contribution in [0.3, 0.4) is 0 Å². The first-order chi connectivity index (χ1) is 27.6. The summed E-state index contributed by atoms with van der Waals surface area (Å²) < 4.78 is 63.2. The van der Waals surface area contributed by atoms with Crippen molar-refractivity contribution < 1.29 is 37.1 Å². The third-order valence-corrected chi connectivity index (χ3v) is 11.9. The molecule has 6 rings (SSSR count). The number of hydrogen-bond acceptors (Lipinski definition) is 13. The van der Waals surface area contributed by atoms with Gasteiger partial charge in [-0.05, 0) is 68.7 Å². The van der Waals surface area contributed by atoms with E-state index in [1.807, 2.05) is 78.9 Å². The number of halogens is 1. The zero-order valence-corrected chi connectivity index (χ0v) is 34.0. The molecule has 14 nitrogen and oxygen atoms in total. The summed E-state index contributed by atoms with van der Waals surface area (Å²) in [5.74, 6) is 1.26. The standard InChI is InChI=1S/C41H49FN7O7P/c1-26(2)49(27(3)4)57(54-23-11-22-43)56-35-33(55-39(36(35)52-7)48-25-45-34-37(44)46-40(42)47-38(34)48)24-53-41(28-12-9-8-10-13-28,29-14-18-31(50-5)19-15-29)30-16-20-32(51-6)21-17-30/h8-10,12-21,25-27,33,35-36,39H,11,23-24H2,1-7H3,(H2,44,46,47). The molecule has 0 saturated carbocycles. The van der Waals surface area contributed by atoms with Crippen LogP contribution in [0.15, 0.2) is 85.2 Å². The Morgan fingerprint density at radius 1 is 0.895 bits per heavy atom. The van der Waals surface area contributed by atoms with Gasteiger partial charge in [-0.3, -0.25) is 4.57 Å². The molecule has 0 radical (unpaired) electrons. The Hall–Kier alpha value is -4.78. The van der Waals surface area contributed by atoms with Gasteiger partial charge in [0, 0.05) is 19.2 Å². The fourth-order valence-electron chi connectivity index (χ4n) is 7.22. The van der Waals surface area contributed by atoms with Crippen LogP contribution in [0.25, 0.3) is 11.2 Å². The minimum atomic E-state index is -1.78. The Labute approximate surface area is 333 Å². The van der Waals surface area contributed by atoms with Crippen LogP contribution in [-0.2, 0) is 28.9 Å². The Kier molecular flexibility index (Phi) is 13.7. The molecule has 1 saturated heterocycles. The number of nitrogen functional groups attached to an aromatic ring is 1. The van der Waals surface area contributed by atoms with Crippen LogP contribution < -0.4 is 15.2 Å². The Morgan fingerprint density at radius 2 is 1.49 bits per heavy atom. The van der Waals surface area contributed by atoms with E-state index in [4.69, 9.17) is 38.5 Å². The van der Waals surface area contributed by atoms with Crippen LogP contribution in [0.2, 0.25) is 0 Å². The number of rotatable bonds is 18. The van der Waals surface area contributed by atoms with Gasteiger partial charge < -0.3 is 38.5 Å². The maximum absolute atomic E-state index is 14.6. The molecule has 2 N–H and O–H groups in total. The van der Waals surface area contributed by atoms with Crippen LogP contribution >= 0.6 is 8.53 Å². The molecule has 0 bridgehead atoms. The highest BCUT2D eigenvalue weighted by Crippen LogP contribution is 2.51. The Morgan fingerprint density at radius 3 is 2.04 bits per heavy atom. The molecule has 0 spiro atoms. The van der Waals surface area contributed by atoms with E-state index >= 15 is 0 Å². The van der Waals surface area contributed by atoms with Gasteiger partial charge in [0.2, 0.25) is 0 Å². The molecule has 5 aromatic rings. The molecule has 3 heterocycles. The van der Waals surface area contributed by atoms with E-state index in [9.17, 15) is 9.65 Å². The second-order valence-electron chi connectivity index (χ2n) is 13.9. The topological polar surface area (TPSA) is 161 Å². The van der Waals surface area contributed by atoms with Gasteiger partial charge in [-0.15, -0.1) is 0 Å². The SMILES string of the molecule is COc1ccc(C(OCC2OC(n3cnc4c(N)nc(F)nc43)C(OC)C2OP(OCCC#N)N(C(C)C)C(C)C)(c2ccccc2)c2ccc(OC)cc2)cc1. The largest absolute Gasteiger partial charge is 0.497 e. The lowest BCUT2D eigenvalue weighted by atomic mass is 9.80. The lowest BCUT2D eigenvalue weighted by Crippen LogP contribution is -2.42. The Balaban J connectivity index is 1.49. The van der Waals surface area contributed by atoms with Crippen molar-refractivity contribution in [1.29, 1.82) is 5.26 Å². The predicted octanol–water partition coefficient (Wildman–Crippen LogP) is 7.15. The number of imidazole rings is 1. The van der Waals surface area contributed by atoms with E-state index in [2.05, 4.69) is 53.4 Å². The molecular weight excluding hydrogens is 752 g/mol. The molecule has 1 aliphatic heterocycles. The van der Waals surface area contributed by atoms with E-state index in [1.165, 1.54) is 6.33 Å². The quantitative estimate of drug-likeness (QED) is 0.0412. The minimum absolute atomic E-state index is 0.0168. The fourth-order valence-corrected chi connectivity index (χ4v) is 8.99. The van der Waals surface area contributed by atoms with E-state index in [1.54, 1.807) is 25.9 Å². The molecule has 3 aromatic carbocycles. The summed E-state index contributed by atoms with van der Waals surface area (Å²) in [5.41, 5.74) is 7.72. The summed E-state index contributed by atoms with van der Waals surface area (Å²) in [6.45, 7) is 8.36. The van der Waals surface area contributed by atoms with Crippen LogP contribution in [0.1, 0.15) is 57.0 Å². The number of aromatic nitrogens is 4. The van der Waals surface area contributed by atoms with E-state index in [0.29, 0.717) is 11.5 Å². The first kappa shape index (κ1) is 41.8. The number of anilines is 1. The van der Waals surface area contributed by atoms with E-state index < -0.39 is 44.7 Å². The maximum atomic E-state index is 14.6. The Bertz CT molecular complexity index is 2050. The van der Waals surface area contributed by atoms with Gasteiger partial charge in [0.25, 0.3) is 8.53 Å². The average molecular weight is 802 g/mol. The lowest BCUT2D eigenvalue weighted by molar-refractivity contribution is -0.0938. The number of ether oxygens (including phenoxy) is 5. The van der Waals surface area contributed by atoms with Crippen molar-refractivity contribution >= 4 is 25.5 Å². The molecule has 0 aliphatic carbocycles. The number of benzene rings is 3. The normalized spacial score (nSPS) is 19.1. The van der Waals surface area contributed by atoms with E-state index in [-0.39, 0.29) is 48.7 Å². The monoisotopic (exact) mass is 801 g/mol. The molecule has 16 heteroatoms. The van der Waals surface area contributed by atoms with Crippen molar-refractivity contribution in [3.8, 4) is 17.6 Å². The predicted molar refractivity (Wildman–Crippen MR) is 213 cm³/mol. The first-order valence-corrected chi connectivity index (χ1v) is 19.8. The molecule has 1 aliphatic rings. The number of hydrogen-bond donors (Lipinski definition) is 1. The summed E-state index contributed by atoms with van der Waals surface area (Å²) in [4.78, 5) is 12.1. The van der Waals surface area contributed by atoms with Crippen molar-refractivity contribution in [2.75, 3.05) is 40.3 Å². The molecule has 1 fully saturated rings. The molecule has 2 aromatic heterocycles. The summed E-state index contributed by atoms with van der Waals surface area (Å²) in [6.07, 6.45) is -2.74. The molecule has 302 valence electrons. The second kappa shape index (κ2) is 18.7. The van der Waals surface area contributed by atoms with Crippen LogP contribution in [0.4, 0.5) is 10.2 Å². The van der Waals surface area contributed by atoms with Gasteiger partial charge in [-0.25, -0.2) is 9.65 Å². The number of nitrogens with two attached hydrogens (primary N) is 1. The minimum Gasteiger partial charge on any atom is -0.497 e.